The molecule has 0 bridgehead atoms. The van der Waals surface area contributed by atoms with Crippen LogP contribution in [0.25, 0.3) is 22.4 Å². The van der Waals surface area contributed by atoms with E-state index >= 15 is 0 Å². The molecule has 9 nitrogen and oxygen atoms in total. The summed E-state index contributed by atoms with van der Waals surface area (Å²) in [5.41, 5.74) is 2.12. The number of fused-ring (bicyclic) bond motifs is 1. The lowest BCUT2D eigenvalue weighted by atomic mass is 10.1. The van der Waals surface area contributed by atoms with Gasteiger partial charge in [-0.2, -0.15) is 0 Å². The van der Waals surface area contributed by atoms with Crippen molar-refractivity contribution < 1.29 is 13.9 Å². The van der Waals surface area contributed by atoms with Crippen LogP contribution in [0.4, 0.5) is 26.4 Å². The van der Waals surface area contributed by atoms with Crippen LogP contribution in [0.1, 0.15) is 20.8 Å². The molecule has 5 rings (SSSR count). The molecule has 0 radical (unpaired) electrons. The molecule has 196 valence electrons. The summed E-state index contributed by atoms with van der Waals surface area (Å²) in [4.78, 5) is 36.6. The third-order valence-electron chi connectivity index (χ3n) is 6.28. The van der Waals surface area contributed by atoms with Gasteiger partial charge in [-0.05, 0) is 51.1 Å². The highest BCUT2D eigenvalue weighted by Gasteiger charge is 2.25. The van der Waals surface area contributed by atoms with Gasteiger partial charge in [0.05, 0.1) is 17.4 Å². The lowest BCUT2D eigenvalue weighted by Crippen LogP contribution is -2.46. The maximum absolute atomic E-state index is 14.3. The number of anilines is 3. The van der Waals surface area contributed by atoms with E-state index in [0.717, 1.165) is 18.8 Å². The van der Waals surface area contributed by atoms with Crippen LogP contribution in [-0.4, -0.2) is 64.9 Å². The summed E-state index contributed by atoms with van der Waals surface area (Å²) in [6.07, 6.45) is 4.23. The summed E-state index contributed by atoms with van der Waals surface area (Å²) in [6.45, 7) is 8.31. The molecular formula is C28H30FN7O2. The SMILES string of the molecule is CN(C(=O)OC(C)(C)C)c1nc(-c2cnccn2)nc2cc(N3CCN(c4ccccc4F)CC3)ccc12. The highest BCUT2D eigenvalue weighted by Crippen LogP contribution is 2.31. The molecule has 10 heteroatoms. The first kappa shape index (κ1) is 25.3. The van der Waals surface area contributed by atoms with Gasteiger partial charge >= 0.3 is 6.09 Å². The topological polar surface area (TPSA) is 87.6 Å². The van der Waals surface area contributed by atoms with Gasteiger partial charge < -0.3 is 14.5 Å². The summed E-state index contributed by atoms with van der Waals surface area (Å²) < 4.78 is 19.9. The molecule has 0 aliphatic carbocycles. The van der Waals surface area contributed by atoms with Crippen molar-refractivity contribution in [2.75, 3.05) is 47.9 Å². The van der Waals surface area contributed by atoms with Gasteiger partial charge in [-0.25, -0.2) is 24.1 Å². The fraction of sp³-hybridized carbons (Fsp3) is 0.321. The third-order valence-corrected chi connectivity index (χ3v) is 6.28. The molecule has 1 fully saturated rings. The average Bonchev–Trinajstić information content (AvgIpc) is 2.91. The smallest absolute Gasteiger partial charge is 0.415 e. The zero-order valence-corrected chi connectivity index (χ0v) is 21.9. The van der Waals surface area contributed by atoms with Gasteiger partial charge in [0.25, 0.3) is 0 Å². The minimum absolute atomic E-state index is 0.207. The number of rotatable bonds is 4. The van der Waals surface area contributed by atoms with E-state index in [9.17, 15) is 9.18 Å². The number of piperazine rings is 1. The number of halogens is 1. The fourth-order valence-corrected chi connectivity index (χ4v) is 4.41. The van der Waals surface area contributed by atoms with Gasteiger partial charge in [0.15, 0.2) is 5.82 Å². The van der Waals surface area contributed by atoms with Crippen molar-refractivity contribution in [2.24, 2.45) is 0 Å². The molecule has 0 spiro atoms. The van der Waals surface area contributed by atoms with E-state index in [1.54, 1.807) is 31.7 Å². The first-order valence-electron chi connectivity index (χ1n) is 12.5. The minimum atomic E-state index is -0.653. The summed E-state index contributed by atoms with van der Waals surface area (Å²) >= 11 is 0. The molecule has 0 atom stereocenters. The van der Waals surface area contributed by atoms with Gasteiger partial charge in [-0.3, -0.25) is 9.88 Å². The Balaban J connectivity index is 1.48. The lowest BCUT2D eigenvalue weighted by molar-refractivity contribution is 0.0588. The van der Waals surface area contributed by atoms with Crippen molar-refractivity contribution in [1.29, 1.82) is 0 Å². The van der Waals surface area contributed by atoms with E-state index < -0.39 is 11.7 Å². The van der Waals surface area contributed by atoms with Gasteiger partial charge in [0.1, 0.15) is 22.9 Å². The molecule has 38 heavy (non-hydrogen) atoms. The molecule has 0 unspecified atom stereocenters. The Bertz CT molecular complexity index is 1450. The largest absolute Gasteiger partial charge is 0.443 e. The van der Waals surface area contributed by atoms with Crippen LogP contribution < -0.4 is 14.7 Å². The second-order valence-electron chi connectivity index (χ2n) is 10.1. The van der Waals surface area contributed by atoms with E-state index in [0.29, 0.717) is 47.0 Å². The molecular weight excluding hydrogens is 485 g/mol. The second kappa shape index (κ2) is 10.2. The molecule has 1 saturated heterocycles. The van der Waals surface area contributed by atoms with E-state index in [4.69, 9.17) is 9.72 Å². The molecule has 2 aromatic heterocycles. The highest BCUT2D eigenvalue weighted by molar-refractivity contribution is 5.99. The minimum Gasteiger partial charge on any atom is -0.443 e. The maximum Gasteiger partial charge on any atom is 0.415 e. The summed E-state index contributed by atoms with van der Waals surface area (Å²) in [6, 6.07) is 12.8. The molecule has 1 aliphatic rings. The Morgan fingerprint density at radius 2 is 1.74 bits per heavy atom. The number of carbonyl (C=O) groups is 1. The number of nitrogens with zero attached hydrogens (tertiary/aromatic N) is 7. The number of hydrogen-bond donors (Lipinski definition) is 0. The zero-order valence-electron chi connectivity index (χ0n) is 21.9. The predicted octanol–water partition coefficient (Wildman–Crippen LogP) is 4.92. The van der Waals surface area contributed by atoms with Crippen LogP contribution in [0.3, 0.4) is 0 Å². The van der Waals surface area contributed by atoms with E-state index in [2.05, 4.69) is 24.8 Å². The van der Waals surface area contributed by atoms with Crippen LogP contribution in [0.15, 0.2) is 61.1 Å². The Kier molecular flexibility index (Phi) is 6.79. The molecule has 1 aliphatic heterocycles. The lowest BCUT2D eigenvalue weighted by Gasteiger charge is -2.37. The molecule has 0 N–H and O–H groups in total. The van der Waals surface area contributed by atoms with Crippen molar-refractivity contribution in [3.63, 3.8) is 0 Å². The first-order valence-corrected chi connectivity index (χ1v) is 12.5. The Hall–Kier alpha value is -4.34. The number of benzene rings is 2. The Labute approximate surface area is 220 Å². The number of hydrogen-bond acceptors (Lipinski definition) is 8. The van der Waals surface area contributed by atoms with Gasteiger partial charge in [0, 0.05) is 56.7 Å². The summed E-state index contributed by atoms with van der Waals surface area (Å²) in [5, 5.41) is 0.708. The predicted molar refractivity (Wildman–Crippen MR) is 146 cm³/mol. The highest BCUT2D eigenvalue weighted by atomic mass is 19.1. The Morgan fingerprint density at radius 3 is 2.42 bits per heavy atom. The standard InChI is InChI=1S/C28H30FN7O2/c1-28(2,3)38-27(37)34(4)26-20-10-9-19(17-22(20)32-25(33-26)23-18-30-11-12-31-23)35-13-15-36(16-14-35)24-8-6-5-7-21(24)29/h5-12,17-18H,13-16H2,1-4H3. The number of amides is 1. The van der Waals surface area contributed by atoms with Crippen LogP contribution in [-0.2, 0) is 4.74 Å². The van der Waals surface area contributed by atoms with E-state index in [1.807, 2.05) is 51.1 Å². The van der Waals surface area contributed by atoms with Crippen molar-refractivity contribution in [3.05, 3.63) is 66.9 Å². The number of ether oxygens (including phenoxy) is 1. The molecule has 4 aromatic rings. The van der Waals surface area contributed by atoms with Crippen molar-refractivity contribution in [3.8, 4) is 11.5 Å². The first-order chi connectivity index (χ1) is 18.2. The molecule has 0 saturated carbocycles. The van der Waals surface area contributed by atoms with E-state index in [1.165, 1.54) is 11.0 Å². The Morgan fingerprint density at radius 1 is 1.00 bits per heavy atom. The molecule has 3 heterocycles. The van der Waals surface area contributed by atoms with Crippen molar-refractivity contribution >= 4 is 34.2 Å². The monoisotopic (exact) mass is 515 g/mol. The quantitative estimate of drug-likeness (QED) is 0.378. The van der Waals surface area contributed by atoms with Crippen LogP contribution in [0.2, 0.25) is 0 Å². The third kappa shape index (κ3) is 5.34. The van der Waals surface area contributed by atoms with E-state index in [-0.39, 0.29) is 5.82 Å². The normalized spacial score (nSPS) is 14.0. The van der Waals surface area contributed by atoms with Crippen molar-refractivity contribution in [2.45, 2.75) is 26.4 Å². The molecule has 2 aromatic carbocycles. The fourth-order valence-electron chi connectivity index (χ4n) is 4.41. The molecule has 1 amide bonds. The number of para-hydroxylation sites is 1. The van der Waals surface area contributed by atoms with Gasteiger partial charge in [-0.1, -0.05) is 12.1 Å². The summed E-state index contributed by atoms with van der Waals surface area (Å²) in [5.74, 6) is 0.569. The average molecular weight is 516 g/mol. The van der Waals surface area contributed by atoms with Crippen LogP contribution >= 0.6 is 0 Å². The zero-order chi connectivity index (χ0) is 26.9. The van der Waals surface area contributed by atoms with Gasteiger partial charge in [-0.15, -0.1) is 0 Å². The van der Waals surface area contributed by atoms with Gasteiger partial charge in [0.2, 0.25) is 0 Å². The maximum atomic E-state index is 14.3. The second-order valence-corrected chi connectivity index (χ2v) is 10.1. The number of carbonyl (C=O) groups excluding carboxylic acids is 1. The number of aromatic nitrogens is 4. The summed E-state index contributed by atoms with van der Waals surface area (Å²) in [7, 11) is 1.63. The van der Waals surface area contributed by atoms with Crippen LogP contribution in [0.5, 0.6) is 0 Å². The van der Waals surface area contributed by atoms with Crippen LogP contribution in [0, 0.1) is 5.82 Å². The van der Waals surface area contributed by atoms with Crippen molar-refractivity contribution in [1.82, 2.24) is 19.9 Å².